The second-order valence-electron chi connectivity index (χ2n) is 13.4. The summed E-state index contributed by atoms with van der Waals surface area (Å²) in [5.74, 6) is 3.30. The van der Waals surface area contributed by atoms with Gasteiger partial charge < -0.3 is 0 Å². The van der Waals surface area contributed by atoms with Gasteiger partial charge >= 0.3 is 0 Å². The van der Waals surface area contributed by atoms with Crippen LogP contribution in [0.5, 0.6) is 0 Å². The van der Waals surface area contributed by atoms with Crippen molar-refractivity contribution in [1.29, 1.82) is 0 Å². The van der Waals surface area contributed by atoms with Crippen LogP contribution < -0.4 is 0 Å². The number of nitrogens with zero attached hydrogens (tertiary/aromatic N) is 6. The minimum atomic E-state index is -0.0343. The Bertz CT molecular complexity index is 2800. The van der Waals surface area contributed by atoms with E-state index in [4.69, 9.17) is 29.9 Å². The molecule has 10 rings (SSSR count). The maximum atomic E-state index is 14.2. The van der Waals surface area contributed by atoms with Crippen LogP contribution in [0.25, 0.3) is 90.6 Å². The fourth-order valence-corrected chi connectivity index (χ4v) is 7.29. The second-order valence-corrected chi connectivity index (χ2v) is 13.4. The summed E-state index contributed by atoms with van der Waals surface area (Å²) in [6, 6.07) is 59.5. The highest BCUT2D eigenvalue weighted by atomic mass is 16.1. The highest BCUT2D eigenvalue weighted by Crippen LogP contribution is 2.47. The Kier molecular flexibility index (Phi) is 8.15. The highest BCUT2D eigenvalue weighted by molar-refractivity contribution is 6.25. The number of carbonyl (C=O) groups is 1. The summed E-state index contributed by atoms with van der Waals surface area (Å²) in [6.45, 7) is 0. The van der Waals surface area contributed by atoms with Crippen molar-refractivity contribution >= 4 is 5.78 Å². The van der Waals surface area contributed by atoms with Crippen LogP contribution in [0.4, 0.5) is 0 Å². The van der Waals surface area contributed by atoms with Gasteiger partial charge in [-0.1, -0.05) is 176 Å². The largest absolute Gasteiger partial charge is 0.289 e. The zero-order valence-corrected chi connectivity index (χ0v) is 29.9. The fraction of sp³-hybridized carbons (Fsp3) is 0. The van der Waals surface area contributed by atoms with E-state index in [1.54, 1.807) is 0 Å². The molecule has 1 aliphatic carbocycles. The van der Waals surface area contributed by atoms with Crippen LogP contribution in [0.2, 0.25) is 0 Å². The van der Waals surface area contributed by atoms with E-state index < -0.39 is 0 Å². The molecule has 0 unspecified atom stereocenters. The number of carbonyl (C=O) groups excluding carboxylic acids is 1. The van der Waals surface area contributed by atoms with Gasteiger partial charge in [-0.3, -0.25) is 4.79 Å². The summed E-state index contributed by atoms with van der Waals surface area (Å²) in [5.41, 5.74) is 9.85. The van der Waals surface area contributed by atoms with Crippen molar-refractivity contribution in [2.75, 3.05) is 0 Å². The Balaban J connectivity index is 1.14. The molecule has 262 valence electrons. The zero-order valence-electron chi connectivity index (χ0n) is 29.9. The van der Waals surface area contributed by atoms with E-state index in [2.05, 4.69) is 18.2 Å². The summed E-state index contributed by atoms with van der Waals surface area (Å²) in [7, 11) is 0. The number of hydrogen-bond donors (Lipinski definition) is 0. The minimum absolute atomic E-state index is 0.0343. The quantitative estimate of drug-likeness (QED) is 0.162. The minimum Gasteiger partial charge on any atom is -0.289 e. The average Bonchev–Trinajstić information content (AvgIpc) is 3.58. The number of rotatable bonds is 7. The van der Waals surface area contributed by atoms with Crippen LogP contribution in [-0.2, 0) is 0 Å². The SMILES string of the molecule is O=C1c2cccc(-c3cccc(-c4nc(-c5ccccc5)nc(-c5ccccc5)n4)c3)c2-c2c1cccc2-c1nc(-c2ccccc2)nc(-c2ccccc2)n1. The molecule has 0 saturated heterocycles. The molecule has 7 aromatic carbocycles. The van der Waals surface area contributed by atoms with Gasteiger partial charge in [-0.15, -0.1) is 0 Å². The van der Waals surface area contributed by atoms with E-state index >= 15 is 0 Å². The standard InChI is InChI=1S/C49H30N6O/c56-43-38-27-14-26-37(35-24-13-25-36(30-35)48-52-44(31-16-5-1-6-17-31)50-45(53-48)32-18-7-2-8-19-32)41(38)42-39(43)28-15-29-40(42)49-54-46(33-20-9-3-10-21-33)51-47(55-49)34-22-11-4-12-23-34/h1-30H. The molecule has 0 fully saturated rings. The van der Waals surface area contributed by atoms with Gasteiger partial charge in [0.15, 0.2) is 40.7 Å². The van der Waals surface area contributed by atoms with Gasteiger partial charge in [0.25, 0.3) is 0 Å². The first-order valence-electron chi connectivity index (χ1n) is 18.3. The first kappa shape index (κ1) is 32.8. The molecule has 0 radical (unpaired) electrons. The molecule has 2 heterocycles. The van der Waals surface area contributed by atoms with E-state index in [1.165, 1.54) is 0 Å². The molecule has 0 atom stereocenters. The molecule has 2 aromatic heterocycles. The topological polar surface area (TPSA) is 94.4 Å². The Morgan fingerprint density at radius 3 is 1.00 bits per heavy atom. The lowest BCUT2D eigenvalue weighted by molar-refractivity contribution is 0.104. The molecule has 0 amide bonds. The van der Waals surface area contributed by atoms with Crippen LogP contribution >= 0.6 is 0 Å². The van der Waals surface area contributed by atoms with Crippen LogP contribution in [0.15, 0.2) is 182 Å². The normalized spacial score (nSPS) is 11.6. The van der Waals surface area contributed by atoms with Crippen molar-refractivity contribution in [3.63, 3.8) is 0 Å². The molecule has 0 spiro atoms. The Labute approximate surface area is 323 Å². The molecule has 0 bridgehead atoms. The molecule has 56 heavy (non-hydrogen) atoms. The molecule has 1 aliphatic rings. The summed E-state index contributed by atoms with van der Waals surface area (Å²) < 4.78 is 0. The van der Waals surface area contributed by atoms with E-state index in [-0.39, 0.29) is 5.78 Å². The van der Waals surface area contributed by atoms with Crippen LogP contribution in [-0.4, -0.2) is 35.7 Å². The highest BCUT2D eigenvalue weighted by Gasteiger charge is 2.32. The molecule has 0 saturated carbocycles. The molecule has 0 aliphatic heterocycles. The summed E-state index contributed by atoms with van der Waals surface area (Å²) >= 11 is 0. The van der Waals surface area contributed by atoms with Crippen molar-refractivity contribution in [3.8, 4) is 90.6 Å². The summed E-state index contributed by atoms with van der Waals surface area (Å²) in [5, 5.41) is 0. The van der Waals surface area contributed by atoms with Gasteiger partial charge in [-0.2, -0.15) is 0 Å². The third-order valence-electron chi connectivity index (χ3n) is 9.94. The van der Waals surface area contributed by atoms with Gasteiger partial charge in [0.1, 0.15) is 0 Å². The molecular weight excluding hydrogens is 689 g/mol. The number of fused-ring (bicyclic) bond motifs is 3. The van der Waals surface area contributed by atoms with Gasteiger partial charge in [-0.25, -0.2) is 29.9 Å². The van der Waals surface area contributed by atoms with E-state index in [1.807, 2.05) is 164 Å². The Morgan fingerprint density at radius 2 is 0.554 bits per heavy atom. The predicted molar refractivity (Wildman–Crippen MR) is 220 cm³/mol. The smallest absolute Gasteiger partial charge is 0.194 e. The van der Waals surface area contributed by atoms with Crippen molar-refractivity contribution in [2.24, 2.45) is 0 Å². The summed E-state index contributed by atoms with van der Waals surface area (Å²) in [6.07, 6.45) is 0. The van der Waals surface area contributed by atoms with Crippen LogP contribution in [0.3, 0.4) is 0 Å². The van der Waals surface area contributed by atoms with E-state index in [0.717, 1.165) is 55.6 Å². The van der Waals surface area contributed by atoms with Crippen LogP contribution in [0.1, 0.15) is 15.9 Å². The van der Waals surface area contributed by atoms with Crippen LogP contribution in [0, 0.1) is 0 Å². The van der Waals surface area contributed by atoms with Crippen molar-refractivity contribution < 1.29 is 4.79 Å². The van der Waals surface area contributed by atoms with Gasteiger partial charge in [-0.05, 0) is 17.2 Å². The zero-order chi connectivity index (χ0) is 37.4. The average molecular weight is 719 g/mol. The van der Waals surface area contributed by atoms with Crippen molar-refractivity contribution in [3.05, 3.63) is 193 Å². The fourth-order valence-electron chi connectivity index (χ4n) is 7.29. The van der Waals surface area contributed by atoms with Gasteiger partial charge in [0, 0.05) is 55.6 Å². The first-order valence-corrected chi connectivity index (χ1v) is 18.3. The molecular formula is C49H30N6O. The third kappa shape index (κ3) is 5.94. The first-order chi connectivity index (χ1) is 27.7. The molecule has 9 aromatic rings. The van der Waals surface area contributed by atoms with Gasteiger partial charge in [0.2, 0.25) is 0 Å². The number of ketones is 1. The number of aromatic nitrogens is 6. The monoisotopic (exact) mass is 718 g/mol. The third-order valence-corrected chi connectivity index (χ3v) is 9.94. The lowest BCUT2D eigenvalue weighted by Gasteiger charge is -2.15. The predicted octanol–water partition coefficient (Wildman–Crippen LogP) is 10.9. The van der Waals surface area contributed by atoms with Crippen molar-refractivity contribution in [2.45, 2.75) is 0 Å². The lowest BCUT2D eigenvalue weighted by atomic mass is 9.91. The maximum Gasteiger partial charge on any atom is 0.194 e. The maximum absolute atomic E-state index is 14.2. The number of benzene rings is 7. The van der Waals surface area contributed by atoms with E-state index in [9.17, 15) is 4.79 Å². The lowest BCUT2D eigenvalue weighted by Crippen LogP contribution is -2.01. The molecule has 0 N–H and O–H groups in total. The Hall–Kier alpha value is -7.77. The van der Waals surface area contributed by atoms with E-state index in [0.29, 0.717) is 46.1 Å². The molecule has 7 nitrogen and oxygen atoms in total. The second kappa shape index (κ2) is 13.9. The Morgan fingerprint density at radius 1 is 0.250 bits per heavy atom. The van der Waals surface area contributed by atoms with Gasteiger partial charge in [0.05, 0.1) is 0 Å². The number of hydrogen-bond acceptors (Lipinski definition) is 7. The van der Waals surface area contributed by atoms with Crippen molar-refractivity contribution in [1.82, 2.24) is 29.9 Å². The molecule has 7 heteroatoms. The summed E-state index contributed by atoms with van der Waals surface area (Å²) in [4.78, 5) is 44.0.